The van der Waals surface area contributed by atoms with E-state index in [1.807, 2.05) is 0 Å². The van der Waals surface area contributed by atoms with Crippen molar-refractivity contribution < 1.29 is 60.9 Å². The normalized spacial score (nSPS) is 11.3. The number of phosphoric acid groups is 1. The fourth-order valence-electron chi connectivity index (χ4n) is 1.21. The van der Waals surface area contributed by atoms with Crippen LogP contribution in [0.5, 0.6) is 0 Å². The molecule has 0 unspecified atom stereocenters. The van der Waals surface area contributed by atoms with Crippen molar-refractivity contribution in [1.29, 1.82) is 0 Å². The van der Waals surface area contributed by atoms with Gasteiger partial charge in [0.15, 0.2) is 0 Å². The predicted octanol–water partition coefficient (Wildman–Crippen LogP) is 3.70. The van der Waals surface area contributed by atoms with Crippen molar-refractivity contribution in [3.05, 3.63) is 0 Å². The van der Waals surface area contributed by atoms with Gasteiger partial charge in [0.2, 0.25) is 20.4 Å². The second-order valence-corrected chi connectivity index (χ2v) is 7.54. The first kappa shape index (κ1) is 26.9. The van der Waals surface area contributed by atoms with Crippen LogP contribution in [-0.2, 0) is 46.6 Å². The van der Waals surface area contributed by atoms with E-state index in [2.05, 4.69) is 28.4 Å². The van der Waals surface area contributed by atoms with Gasteiger partial charge in [0.1, 0.15) is 0 Å². The van der Waals surface area contributed by atoms with E-state index >= 15 is 0 Å². The molecule has 0 bridgehead atoms. The number of phosphoric ester groups is 1. The smallest absolute Gasteiger partial charge is 0.432 e. The van der Waals surface area contributed by atoms with Crippen LogP contribution in [0.1, 0.15) is 41.5 Å². The second kappa shape index (κ2) is 14.0. The highest BCUT2D eigenvalue weighted by molar-refractivity contribution is 7.48. The van der Waals surface area contributed by atoms with E-state index in [0.29, 0.717) is 0 Å². The van der Waals surface area contributed by atoms with Crippen LogP contribution < -0.4 is 0 Å². The van der Waals surface area contributed by atoms with Gasteiger partial charge in [-0.2, -0.15) is 0 Å². The zero-order valence-electron chi connectivity index (χ0n) is 17.1. The third kappa shape index (κ3) is 15.5. The molecule has 0 atom stereocenters. The molecule has 0 radical (unpaired) electrons. The predicted molar refractivity (Wildman–Crippen MR) is 93.6 cm³/mol. The fraction of sp³-hybridized carbons (Fsp3) is 0.800. The summed E-state index contributed by atoms with van der Waals surface area (Å²) in [6, 6.07) is 0. The molecule has 0 aliphatic heterocycles. The van der Waals surface area contributed by atoms with Crippen LogP contribution in [0, 0.1) is 0 Å². The SMILES string of the molecule is CC(C)OC(=O)OCOP(=O)(OCOC(=O)OC(C)C)OCOC(=O)OC(C)C. The Bertz CT molecular complexity index is 484. The van der Waals surface area contributed by atoms with Gasteiger partial charge in [-0.3, -0.25) is 0 Å². The molecular weight excluding hydrogens is 419 g/mol. The zero-order chi connectivity index (χ0) is 22.4. The lowest BCUT2D eigenvalue weighted by Gasteiger charge is -2.18. The molecule has 0 aliphatic carbocycles. The highest BCUT2D eigenvalue weighted by Crippen LogP contribution is 2.49. The molecule has 0 heterocycles. The summed E-state index contributed by atoms with van der Waals surface area (Å²) in [5, 5.41) is 0. The number of carbonyl (C=O) groups is 3. The van der Waals surface area contributed by atoms with Crippen molar-refractivity contribution in [2.75, 3.05) is 20.4 Å². The topological polar surface area (TPSA) is 151 Å². The maximum Gasteiger partial charge on any atom is 0.510 e. The van der Waals surface area contributed by atoms with Crippen molar-refractivity contribution in [2.45, 2.75) is 59.9 Å². The average molecular weight is 446 g/mol. The van der Waals surface area contributed by atoms with Gasteiger partial charge in [0.05, 0.1) is 18.3 Å². The van der Waals surface area contributed by atoms with Crippen molar-refractivity contribution in [3.8, 4) is 0 Å². The fourth-order valence-corrected chi connectivity index (χ4v) is 1.98. The number of ether oxygens (including phenoxy) is 6. The Morgan fingerprint density at radius 2 is 0.828 bits per heavy atom. The van der Waals surface area contributed by atoms with Crippen molar-refractivity contribution in [3.63, 3.8) is 0 Å². The van der Waals surface area contributed by atoms with Crippen molar-refractivity contribution >= 4 is 26.3 Å². The van der Waals surface area contributed by atoms with Crippen LogP contribution in [0.3, 0.4) is 0 Å². The molecule has 170 valence electrons. The van der Waals surface area contributed by atoms with Gasteiger partial charge in [0, 0.05) is 0 Å². The first-order valence-corrected chi connectivity index (χ1v) is 9.93. The van der Waals surface area contributed by atoms with Gasteiger partial charge >= 0.3 is 26.3 Å². The molecule has 29 heavy (non-hydrogen) atoms. The number of hydrogen-bond acceptors (Lipinski definition) is 13. The van der Waals surface area contributed by atoms with E-state index in [-0.39, 0.29) is 0 Å². The number of hydrogen-bond donors (Lipinski definition) is 0. The molecule has 0 aromatic rings. The van der Waals surface area contributed by atoms with Crippen LogP contribution in [0.15, 0.2) is 0 Å². The highest BCUT2D eigenvalue weighted by Gasteiger charge is 2.30. The Balaban J connectivity index is 4.62. The summed E-state index contributed by atoms with van der Waals surface area (Å²) in [5.74, 6) is 0. The minimum absolute atomic E-state index is 0.456. The van der Waals surface area contributed by atoms with E-state index in [1.54, 1.807) is 41.5 Å². The van der Waals surface area contributed by atoms with Gasteiger partial charge < -0.3 is 28.4 Å². The lowest BCUT2D eigenvalue weighted by molar-refractivity contribution is -0.0628. The molecule has 0 fully saturated rings. The molecule has 0 N–H and O–H groups in total. The summed E-state index contributed by atoms with van der Waals surface area (Å²) >= 11 is 0. The first-order valence-electron chi connectivity index (χ1n) is 8.47. The second-order valence-electron chi connectivity index (χ2n) is 5.87. The maximum atomic E-state index is 12.5. The molecule has 13 nitrogen and oxygen atoms in total. The zero-order valence-corrected chi connectivity index (χ0v) is 18.0. The minimum atomic E-state index is -4.49. The summed E-state index contributed by atoms with van der Waals surface area (Å²) in [6.45, 7) is 6.82. The minimum Gasteiger partial charge on any atom is -0.432 e. The van der Waals surface area contributed by atoms with Gasteiger partial charge in [-0.05, 0) is 41.5 Å². The first-order chi connectivity index (χ1) is 13.4. The van der Waals surface area contributed by atoms with Crippen LogP contribution in [0.2, 0.25) is 0 Å². The summed E-state index contributed by atoms with van der Waals surface area (Å²) in [5.41, 5.74) is 0. The van der Waals surface area contributed by atoms with Crippen LogP contribution in [-0.4, -0.2) is 57.2 Å². The molecule has 0 saturated heterocycles. The molecule has 0 saturated carbocycles. The van der Waals surface area contributed by atoms with E-state index in [0.717, 1.165) is 0 Å². The van der Waals surface area contributed by atoms with Crippen LogP contribution >= 0.6 is 7.82 Å². The average Bonchev–Trinajstić information content (AvgIpc) is 2.52. The molecule has 0 aliphatic rings. The van der Waals surface area contributed by atoms with Gasteiger partial charge in [-0.15, -0.1) is 0 Å². The molecule has 0 rings (SSSR count). The molecule has 0 aromatic carbocycles. The Hall–Kier alpha value is -2.08. The van der Waals surface area contributed by atoms with E-state index in [9.17, 15) is 18.9 Å². The molecule has 0 amide bonds. The summed E-state index contributed by atoms with van der Waals surface area (Å²) in [6.07, 6.45) is -4.66. The molecular formula is C15H27O13P. The molecule has 0 spiro atoms. The third-order valence-electron chi connectivity index (χ3n) is 2.16. The highest BCUT2D eigenvalue weighted by atomic mass is 31.2. The lowest BCUT2D eigenvalue weighted by atomic mass is 10.5. The molecule has 14 heteroatoms. The third-order valence-corrected chi connectivity index (χ3v) is 3.42. The van der Waals surface area contributed by atoms with Gasteiger partial charge in [-0.25, -0.2) is 32.5 Å². The maximum absolute atomic E-state index is 12.5. The van der Waals surface area contributed by atoms with Gasteiger partial charge in [-0.1, -0.05) is 0 Å². The molecule has 0 aromatic heterocycles. The largest absolute Gasteiger partial charge is 0.510 e. The Kier molecular flexibility index (Phi) is 13.0. The van der Waals surface area contributed by atoms with E-state index < -0.39 is 65.0 Å². The Morgan fingerprint density at radius 3 is 1.03 bits per heavy atom. The Morgan fingerprint density at radius 1 is 0.586 bits per heavy atom. The number of carbonyl (C=O) groups excluding carboxylic acids is 3. The van der Waals surface area contributed by atoms with Crippen molar-refractivity contribution in [1.82, 2.24) is 0 Å². The van der Waals surface area contributed by atoms with Crippen LogP contribution in [0.25, 0.3) is 0 Å². The standard InChI is InChI=1S/C15H27O13P/c1-10(2)26-13(16)20-7-23-29(19,24-8-21-14(17)27-11(3)4)25-9-22-15(18)28-12(5)6/h10-12H,7-9H2,1-6H3. The van der Waals surface area contributed by atoms with Gasteiger partial charge in [0.25, 0.3) is 0 Å². The lowest BCUT2D eigenvalue weighted by Crippen LogP contribution is -2.18. The van der Waals surface area contributed by atoms with E-state index in [4.69, 9.17) is 13.6 Å². The summed E-state index contributed by atoms with van der Waals surface area (Å²) in [4.78, 5) is 33.9. The summed E-state index contributed by atoms with van der Waals surface area (Å²) < 4.78 is 54.3. The van der Waals surface area contributed by atoms with E-state index in [1.165, 1.54) is 0 Å². The summed E-state index contributed by atoms with van der Waals surface area (Å²) in [7, 11) is -4.49. The van der Waals surface area contributed by atoms with Crippen LogP contribution in [0.4, 0.5) is 14.4 Å². The van der Waals surface area contributed by atoms with Crippen molar-refractivity contribution in [2.24, 2.45) is 0 Å². The monoisotopic (exact) mass is 446 g/mol. The quantitative estimate of drug-likeness (QED) is 0.185. The Labute approximate surface area is 168 Å². The number of rotatable bonds is 12.